The zero-order valence-corrected chi connectivity index (χ0v) is 9.89. The Morgan fingerprint density at radius 3 is 2.27 bits per heavy atom. The maximum absolute atomic E-state index is 10.9. The zero-order valence-electron chi connectivity index (χ0n) is 9.07. The monoisotopic (exact) mass is 225 g/mol. The summed E-state index contributed by atoms with van der Waals surface area (Å²) in [5, 5.41) is 11.9. The topological polar surface area (TPSA) is 49.3 Å². The molecule has 1 aromatic carbocycles. The number of hydrogen-bond acceptors (Lipinski definition) is 3. The molecule has 0 aliphatic heterocycles. The van der Waals surface area contributed by atoms with Gasteiger partial charge in [0.2, 0.25) is 0 Å². The molecule has 0 heterocycles. The Bertz CT molecular complexity index is 346. The second-order valence-corrected chi connectivity index (χ2v) is 4.66. The van der Waals surface area contributed by atoms with Crippen molar-refractivity contribution in [3.05, 3.63) is 24.3 Å². The van der Waals surface area contributed by atoms with Crippen LogP contribution in [0.3, 0.4) is 0 Å². The number of hydrogen-bond donors (Lipinski definition) is 2. The number of carbonyl (C=O) groups is 1. The number of carboxylic acid groups (broad SMARTS) is 1. The van der Waals surface area contributed by atoms with E-state index in [4.69, 9.17) is 5.11 Å². The number of rotatable bonds is 4. The molecule has 4 heteroatoms. The highest BCUT2D eigenvalue weighted by molar-refractivity contribution is 7.98. The van der Waals surface area contributed by atoms with E-state index in [-0.39, 0.29) is 0 Å². The van der Waals surface area contributed by atoms with Crippen LogP contribution in [0, 0.1) is 0 Å². The fourth-order valence-electron chi connectivity index (χ4n) is 1.09. The van der Waals surface area contributed by atoms with Gasteiger partial charge in [-0.1, -0.05) is 0 Å². The number of anilines is 1. The highest BCUT2D eigenvalue weighted by atomic mass is 32.2. The summed E-state index contributed by atoms with van der Waals surface area (Å²) < 4.78 is 0. The van der Waals surface area contributed by atoms with Gasteiger partial charge in [0.1, 0.15) is 5.54 Å². The number of thioether (sulfide) groups is 1. The van der Waals surface area contributed by atoms with Crippen LogP contribution in [0.2, 0.25) is 0 Å². The summed E-state index contributed by atoms with van der Waals surface area (Å²) in [4.78, 5) is 12.0. The van der Waals surface area contributed by atoms with Gasteiger partial charge in [0.15, 0.2) is 0 Å². The van der Waals surface area contributed by atoms with Gasteiger partial charge in [0.05, 0.1) is 0 Å². The molecule has 0 unspecified atom stereocenters. The highest BCUT2D eigenvalue weighted by Crippen LogP contribution is 2.20. The molecule has 0 bridgehead atoms. The maximum Gasteiger partial charge on any atom is 0.328 e. The summed E-state index contributed by atoms with van der Waals surface area (Å²) in [6.45, 7) is 3.27. The minimum Gasteiger partial charge on any atom is -0.480 e. The van der Waals surface area contributed by atoms with E-state index < -0.39 is 11.5 Å². The molecule has 0 aromatic heterocycles. The van der Waals surface area contributed by atoms with Crippen molar-refractivity contribution in [3.8, 4) is 0 Å². The Kier molecular flexibility index (Phi) is 3.63. The average molecular weight is 225 g/mol. The fraction of sp³-hybridized carbons (Fsp3) is 0.364. The van der Waals surface area contributed by atoms with Crippen LogP contribution in [-0.2, 0) is 4.79 Å². The maximum atomic E-state index is 10.9. The quantitative estimate of drug-likeness (QED) is 0.773. The number of benzene rings is 1. The van der Waals surface area contributed by atoms with E-state index >= 15 is 0 Å². The van der Waals surface area contributed by atoms with Crippen molar-refractivity contribution < 1.29 is 9.90 Å². The van der Waals surface area contributed by atoms with E-state index in [2.05, 4.69) is 5.32 Å². The van der Waals surface area contributed by atoms with E-state index in [1.54, 1.807) is 25.6 Å². The molecule has 1 aromatic rings. The van der Waals surface area contributed by atoms with E-state index in [1.165, 1.54) is 0 Å². The van der Waals surface area contributed by atoms with Crippen LogP contribution in [0.15, 0.2) is 29.2 Å². The molecule has 0 radical (unpaired) electrons. The Morgan fingerprint density at radius 2 is 1.87 bits per heavy atom. The first-order valence-corrected chi connectivity index (χ1v) is 5.84. The van der Waals surface area contributed by atoms with Crippen LogP contribution < -0.4 is 5.32 Å². The first kappa shape index (κ1) is 11.9. The van der Waals surface area contributed by atoms with Crippen molar-refractivity contribution in [1.29, 1.82) is 0 Å². The van der Waals surface area contributed by atoms with Crippen molar-refractivity contribution in [1.82, 2.24) is 0 Å². The minimum atomic E-state index is -0.944. The molecule has 0 spiro atoms. The summed E-state index contributed by atoms with van der Waals surface area (Å²) in [5.74, 6) is -0.864. The second-order valence-electron chi connectivity index (χ2n) is 3.78. The molecule has 15 heavy (non-hydrogen) atoms. The van der Waals surface area contributed by atoms with Crippen molar-refractivity contribution >= 4 is 23.4 Å². The van der Waals surface area contributed by atoms with Gasteiger partial charge >= 0.3 is 5.97 Å². The molecule has 0 aliphatic carbocycles. The smallest absolute Gasteiger partial charge is 0.328 e. The lowest BCUT2D eigenvalue weighted by molar-refractivity contribution is -0.141. The average Bonchev–Trinajstić information content (AvgIpc) is 2.18. The van der Waals surface area contributed by atoms with Crippen molar-refractivity contribution in [2.45, 2.75) is 24.3 Å². The standard InChI is InChI=1S/C11H15NO2S/c1-11(2,10(13)14)12-8-4-6-9(15-3)7-5-8/h4-7,12H,1-3H3,(H,13,14). The van der Waals surface area contributed by atoms with E-state index in [9.17, 15) is 4.79 Å². The Balaban J connectivity index is 2.77. The van der Waals surface area contributed by atoms with Crippen LogP contribution in [0.4, 0.5) is 5.69 Å². The van der Waals surface area contributed by atoms with Gasteiger partial charge in [-0.2, -0.15) is 0 Å². The Morgan fingerprint density at radius 1 is 1.33 bits per heavy atom. The Labute approximate surface area is 93.9 Å². The molecule has 82 valence electrons. The summed E-state index contributed by atoms with van der Waals surface area (Å²) in [6.07, 6.45) is 2.00. The zero-order chi connectivity index (χ0) is 11.5. The molecule has 0 amide bonds. The number of nitrogens with one attached hydrogen (secondary N) is 1. The van der Waals surface area contributed by atoms with Gasteiger partial charge in [-0.3, -0.25) is 0 Å². The summed E-state index contributed by atoms with van der Waals surface area (Å²) in [7, 11) is 0. The molecule has 3 nitrogen and oxygen atoms in total. The third-order valence-corrected chi connectivity index (χ3v) is 2.83. The third kappa shape index (κ3) is 3.16. The van der Waals surface area contributed by atoms with Crippen molar-refractivity contribution in [2.24, 2.45) is 0 Å². The van der Waals surface area contributed by atoms with Crippen LogP contribution >= 0.6 is 11.8 Å². The summed E-state index contributed by atoms with van der Waals surface area (Å²) >= 11 is 1.66. The Hall–Kier alpha value is -1.16. The van der Waals surface area contributed by atoms with Gasteiger partial charge in [0.25, 0.3) is 0 Å². The van der Waals surface area contributed by atoms with Crippen LogP contribution in [0.25, 0.3) is 0 Å². The van der Waals surface area contributed by atoms with Gasteiger partial charge in [-0.15, -0.1) is 11.8 Å². The summed E-state index contributed by atoms with van der Waals surface area (Å²) in [6, 6.07) is 7.70. The molecule has 0 saturated heterocycles. The first-order chi connectivity index (χ1) is 6.95. The largest absolute Gasteiger partial charge is 0.480 e. The van der Waals surface area contributed by atoms with E-state index in [1.807, 2.05) is 30.5 Å². The molecule has 0 aliphatic rings. The van der Waals surface area contributed by atoms with Crippen molar-refractivity contribution in [2.75, 3.05) is 11.6 Å². The predicted molar refractivity (Wildman–Crippen MR) is 63.6 cm³/mol. The second kappa shape index (κ2) is 4.57. The molecular formula is C11H15NO2S. The lowest BCUT2D eigenvalue weighted by Crippen LogP contribution is -2.39. The number of carboxylic acids is 1. The van der Waals surface area contributed by atoms with Gasteiger partial charge in [-0.05, 0) is 44.4 Å². The molecular weight excluding hydrogens is 210 g/mol. The van der Waals surface area contributed by atoms with Crippen LogP contribution in [-0.4, -0.2) is 22.9 Å². The lowest BCUT2D eigenvalue weighted by atomic mass is 10.1. The van der Waals surface area contributed by atoms with Crippen LogP contribution in [0.1, 0.15) is 13.8 Å². The van der Waals surface area contributed by atoms with Gasteiger partial charge in [-0.25, -0.2) is 4.79 Å². The molecule has 1 rings (SSSR count). The normalized spacial score (nSPS) is 11.1. The summed E-state index contributed by atoms with van der Waals surface area (Å²) in [5.41, 5.74) is -0.124. The third-order valence-electron chi connectivity index (χ3n) is 2.08. The minimum absolute atomic E-state index is 0.820. The molecule has 2 N–H and O–H groups in total. The van der Waals surface area contributed by atoms with Gasteiger partial charge < -0.3 is 10.4 Å². The molecule has 0 atom stereocenters. The number of aliphatic carboxylic acids is 1. The lowest BCUT2D eigenvalue weighted by Gasteiger charge is -2.22. The SMILES string of the molecule is CSc1ccc(NC(C)(C)C(=O)O)cc1. The van der Waals surface area contributed by atoms with E-state index in [0.29, 0.717) is 0 Å². The van der Waals surface area contributed by atoms with Gasteiger partial charge in [0, 0.05) is 10.6 Å². The molecule has 0 saturated carbocycles. The first-order valence-electron chi connectivity index (χ1n) is 4.61. The highest BCUT2D eigenvalue weighted by Gasteiger charge is 2.26. The van der Waals surface area contributed by atoms with Crippen LogP contribution in [0.5, 0.6) is 0 Å². The molecule has 0 fully saturated rings. The predicted octanol–water partition coefficient (Wildman–Crippen LogP) is 2.68. The van der Waals surface area contributed by atoms with Crippen molar-refractivity contribution in [3.63, 3.8) is 0 Å². The fourth-order valence-corrected chi connectivity index (χ4v) is 1.50. The van der Waals surface area contributed by atoms with E-state index in [0.717, 1.165) is 10.6 Å².